The molecule has 1 rings (SSSR count). The summed E-state index contributed by atoms with van der Waals surface area (Å²) >= 11 is 0. The van der Waals surface area contributed by atoms with E-state index in [1.54, 1.807) is 31.0 Å². The van der Waals surface area contributed by atoms with Crippen LogP contribution in [-0.2, 0) is 0 Å². The van der Waals surface area contributed by atoms with Crippen molar-refractivity contribution in [3.63, 3.8) is 0 Å². The monoisotopic (exact) mass is 249 g/mol. The van der Waals surface area contributed by atoms with E-state index in [0.29, 0.717) is 18.7 Å². The molecule has 0 radical (unpaired) electrons. The topological polar surface area (TPSA) is 90.4 Å². The lowest BCUT2D eigenvalue weighted by molar-refractivity contribution is -0.385. The minimum atomic E-state index is -0.565. The highest BCUT2D eigenvalue weighted by Gasteiger charge is 2.15. The van der Waals surface area contributed by atoms with E-state index in [-0.39, 0.29) is 11.3 Å². The van der Waals surface area contributed by atoms with Gasteiger partial charge in [-0.15, -0.1) is 0 Å². The number of nitriles is 1. The summed E-state index contributed by atoms with van der Waals surface area (Å²) < 4.78 is 0. The summed E-state index contributed by atoms with van der Waals surface area (Å²) in [5.74, 6) is 0. The largest absolute Gasteiger partial charge is 0.393 e. The Kier molecular flexibility index (Phi) is 4.63. The number of aliphatic hydroxyl groups excluding tert-OH is 1. The molecule has 0 amide bonds. The fourth-order valence-electron chi connectivity index (χ4n) is 1.51. The molecule has 0 saturated carbocycles. The Bertz CT molecular complexity index is 480. The smallest absolute Gasteiger partial charge is 0.289 e. The minimum absolute atomic E-state index is 0.0488. The number of aliphatic hydroxyl groups is 1. The van der Waals surface area contributed by atoms with Crippen LogP contribution in [0.2, 0.25) is 0 Å². The Balaban J connectivity index is 2.94. The first-order valence-corrected chi connectivity index (χ1v) is 5.53. The van der Waals surface area contributed by atoms with Crippen LogP contribution in [0.25, 0.3) is 0 Å². The van der Waals surface area contributed by atoms with Crippen molar-refractivity contribution in [3.05, 3.63) is 33.9 Å². The van der Waals surface area contributed by atoms with Gasteiger partial charge < -0.3 is 10.0 Å². The van der Waals surface area contributed by atoms with Gasteiger partial charge in [-0.2, -0.15) is 5.26 Å². The van der Waals surface area contributed by atoms with Gasteiger partial charge >= 0.3 is 0 Å². The fraction of sp³-hybridized carbons (Fsp3) is 0.417. The van der Waals surface area contributed by atoms with Crippen LogP contribution in [0.5, 0.6) is 0 Å². The average Bonchev–Trinajstić information content (AvgIpc) is 2.34. The summed E-state index contributed by atoms with van der Waals surface area (Å²) in [6.45, 7) is 2.27. The lowest BCUT2D eigenvalue weighted by Gasteiger charge is -2.19. The van der Waals surface area contributed by atoms with Crippen LogP contribution in [-0.4, -0.2) is 29.7 Å². The van der Waals surface area contributed by atoms with Crippen molar-refractivity contribution < 1.29 is 10.0 Å². The van der Waals surface area contributed by atoms with Crippen LogP contribution in [0.3, 0.4) is 0 Å². The molecule has 1 aromatic rings. The first-order chi connectivity index (χ1) is 8.45. The molecule has 0 bridgehead atoms. The lowest BCUT2D eigenvalue weighted by Crippen LogP contribution is -2.21. The van der Waals surface area contributed by atoms with E-state index < -0.39 is 11.0 Å². The Labute approximate surface area is 105 Å². The maximum absolute atomic E-state index is 10.8. The van der Waals surface area contributed by atoms with E-state index in [9.17, 15) is 15.2 Å². The van der Waals surface area contributed by atoms with Crippen molar-refractivity contribution in [2.45, 2.75) is 19.4 Å². The molecule has 0 aromatic heterocycles. The van der Waals surface area contributed by atoms with Crippen molar-refractivity contribution in [3.8, 4) is 6.07 Å². The molecular weight excluding hydrogens is 234 g/mol. The van der Waals surface area contributed by atoms with Crippen LogP contribution < -0.4 is 4.90 Å². The summed E-state index contributed by atoms with van der Waals surface area (Å²) in [6, 6.07) is 6.27. The third-order valence-corrected chi connectivity index (χ3v) is 2.62. The van der Waals surface area contributed by atoms with Gasteiger partial charge in [0.2, 0.25) is 0 Å². The van der Waals surface area contributed by atoms with E-state index in [2.05, 4.69) is 0 Å². The van der Waals surface area contributed by atoms with Gasteiger partial charge in [-0.05, 0) is 25.5 Å². The standard InChI is InChI=1S/C12H15N3O3/c1-9(16)5-6-14(2)11-4-3-10(8-13)12(7-11)15(17)18/h3-4,7,9,16H,5-6H2,1-2H3. The Morgan fingerprint density at radius 2 is 2.28 bits per heavy atom. The third-order valence-electron chi connectivity index (χ3n) is 2.62. The summed E-state index contributed by atoms with van der Waals surface area (Å²) in [5.41, 5.74) is 0.507. The van der Waals surface area contributed by atoms with Gasteiger partial charge in [-0.1, -0.05) is 0 Å². The van der Waals surface area contributed by atoms with E-state index in [1.807, 2.05) is 0 Å². The Morgan fingerprint density at radius 1 is 1.61 bits per heavy atom. The second-order valence-electron chi connectivity index (χ2n) is 4.13. The van der Waals surface area contributed by atoms with Crippen molar-refractivity contribution in [1.29, 1.82) is 5.26 Å². The number of hydrogen-bond acceptors (Lipinski definition) is 5. The zero-order chi connectivity index (χ0) is 13.7. The zero-order valence-electron chi connectivity index (χ0n) is 10.3. The number of nitro groups is 1. The zero-order valence-corrected chi connectivity index (χ0v) is 10.3. The number of anilines is 1. The number of hydrogen-bond donors (Lipinski definition) is 1. The molecule has 96 valence electrons. The molecule has 1 atom stereocenters. The quantitative estimate of drug-likeness (QED) is 0.633. The van der Waals surface area contributed by atoms with E-state index in [1.165, 1.54) is 12.1 Å². The molecule has 0 aliphatic heterocycles. The first kappa shape index (κ1) is 13.9. The number of rotatable bonds is 5. The molecule has 18 heavy (non-hydrogen) atoms. The second-order valence-corrected chi connectivity index (χ2v) is 4.13. The molecule has 1 unspecified atom stereocenters. The van der Waals surface area contributed by atoms with Crippen molar-refractivity contribution in [1.82, 2.24) is 0 Å². The van der Waals surface area contributed by atoms with Crippen LogP contribution in [0.1, 0.15) is 18.9 Å². The summed E-state index contributed by atoms with van der Waals surface area (Å²) in [5, 5.41) is 28.8. The van der Waals surface area contributed by atoms with Gasteiger partial charge in [-0.25, -0.2) is 0 Å². The maximum atomic E-state index is 10.8. The lowest BCUT2D eigenvalue weighted by atomic mass is 10.1. The molecule has 1 N–H and O–H groups in total. The molecule has 0 spiro atoms. The summed E-state index contributed by atoms with van der Waals surface area (Å²) in [7, 11) is 1.79. The highest BCUT2D eigenvalue weighted by atomic mass is 16.6. The molecule has 0 aliphatic rings. The Hall–Kier alpha value is -2.13. The normalized spacial score (nSPS) is 11.7. The van der Waals surface area contributed by atoms with Crippen molar-refractivity contribution in [2.24, 2.45) is 0 Å². The SMILES string of the molecule is CC(O)CCN(C)c1ccc(C#N)c([N+](=O)[O-])c1. The molecule has 0 heterocycles. The first-order valence-electron chi connectivity index (χ1n) is 5.53. The average molecular weight is 249 g/mol. The van der Waals surface area contributed by atoms with Gasteiger partial charge in [0.25, 0.3) is 5.69 Å². The highest BCUT2D eigenvalue weighted by molar-refractivity contribution is 5.60. The van der Waals surface area contributed by atoms with Crippen LogP contribution in [0, 0.1) is 21.4 Å². The maximum Gasteiger partial charge on any atom is 0.289 e. The van der Waals surface area contributed by atoms with Crippen LogP contribution in [0.4, 0.5) is 11.4 Å². The molecule has 0 aliphatic carbocycles. The van der Waals surface area contributed by atoms with Gasteiger partial charge in [0.1, 0.15) is 11.6 Å². The van der Waals surface area contributed by atoms with Gasteiger partial charge in [0.15, 0.2) is 0 Å². The summed E-state index contributed by atoms with van der Waals surface area (Å²) in [6.07, 6.45) is 0.158. The predicted octanol–water partition coefficient (Wildman–Crippen LogP) is 1.67. The fourth-order valence-corrected chi connectivity index (χ4v) is 1.51. The van der Waals surface area contributed by atoms with Crippen LogP contribution in [0.15, 0.2) is 18.2 Å². The van der Waals surface area contributed by atoms with E-state index in [4.69, 9.17) is 5.26 Å². The van der Waals surface area contributed by atoms with E-state index >= 15 is 0 Å². The van der Waals surface area contributed by atoms with Crippen molar-refractivity contribution >= 4 is 11.4 Å². The predicted molar refractivity (Wildman–Crippen MR) is 67.4 cm³/mol. The van der Waals surface area contributed by atoms with Crippen LogP contribution >= 0.6 is 0 Å². The molecule has 0 saturated heterocycles. The van der Waals surface area contributed by atoms with Gasteiger partial charge in [0.05, 0.1) is 11.0 Å². The number of nitrogens with zero attached hydrogens (tertiary/aromatic N) is 3. The molecular formula is C12H15N3O3. The number of benzene rings is 1. The van der Waals surface area contributed by atoms with Crippen molar-refractivity contribution in [2.75, 3.05) is 18.5 Å². The highest BCUT2D eigenvalue weighted by Crippen LogP contribution is 2.24. The summed E-state index contributed by atoms with van der Waals surface area (Å²) in [4.78, 5) is 12.1. The second kappa shape index (κ2) is 5.98. The minimum Gasteiger partial charge on any atom is -0.393 e. The molecule has 6 nitrogen and oxygen atoms in total. The number of nitro benzene ring substituents is 1. The third kappa shape index (κ3) is 3.43. The molecule has 0 fully saturated rings. The Morgan fingerprint density at radius 3 is 2.78 bits per heavy atom. The molecule has 6 heteroatoms. The van der Waals surface area contributed by atoms with Gasteiger partial charge in [-0.3, -0.25) is 10.1 Å². The van der Waals surface area contributed by atoms with Gasteiger partial charge in [0, 0.05) is 25.3 Å². The van der Waals surface area contributed by atoms with E-state index in [0.717, 1.165) is 0 Å². The molecule has 1 aromatic carbocycles.